The van der Waals surface area contributed by atoms with Crippen molar-refractivity contribution in [2.45, 2.75) is 38.5 Å². The first kappa shape index (κ1) is 11.8. The molecule has 1 N–H and O–H groups in total. The van der Waals surface area contributed by atoms with Crippen LogP contribution in [0.5, 0.6) is 0 Å². The van der Waals surface area contributed by atoms with E-state index in [-0.39, 0.29) is 5.91 Å². The quantitative estimate of drug-likeness (QED) is 0.869. The van der Waals surface area contributed by atoms with E-state index in [0.29, 0.717) is 17.8 Å². The van der Waals surface area contributed by atoms with Gasteiger partial charge in [-0.15, -0.1) is 0 Å². The van der Waals surface area contributed by atoms with Crippen LogP contribution in [0.1, 0.15) is 43.2 Å². The Labute approximate surface area is 109 Å². The van der Waals surface area contributed by atoms with Gasteiger partial charge in [-0.2, -0.15) is 0 Å². The van der Waals surface area contributed by atoms with Gasteiger partial charge in [0, 0.05) is 18.4 Å². The molecule has 3 rings (SSSR count). The molecular formula is C16H21NO. The molecule has 0 aromatic heterocycles. The van der Waals surface area contributed by atoms with Crippen molar-refractivity contribution in [1.82, 2.24) is 5.32 Å². The van der Waals surface area contributed by atoms with Crippen LogP contribution in [-0.4, -0.2) is 12.5 Å². The average molecular weight is 243 g/mol. The van der Waals surface area contributed by atoms with E-state index in [1.54, 1.807) is 0 Å². The molecule has 0 unspecified atom stereocenters. The van der Waals surface area contributed by atoms with E-state index in [1.165, 1.54) is 30.4 Å². The molecule has 2 heteroatoms. The second-order valence-corrected chi connectivity index (χ2v) is 5.85. The van der Waals surface area contributed by atoms with Crippen LogP contribution in [0.25, 0.3) is 0 Å². The van der Waals surface area contributed by atoms with Crippen LogP contribution in [0.3, 0.4) is 0 Å². The fourth-order valence-electron chi connectivity index (χ4n) is 3.11. The van der Waals surface area contributed by atoms with E-state index >= 15 is 0 Å². The molecule has 1 saturated carbocycles. The van der Waals surface area contributed by atoms with Crippen LogP contribution in [0.15, 0.2) is 24.3 Å². The average Bonchev–Trinajstić information content (AvgIpc) is 3.13. The number of rotatable bonds is 3. The lowest BCUT2D eigenvalue weighted by atomic mass is 9.83. The number of benzene rings is 1. The van der Waals surface area contributed by atoms with Gasteiger partial charge in [-0.05, 0) is 42.7 Å². The van der Waals surface area contributed by atoms with Crippen molar-refractivity contribution in [3.8, 4) is 0 Å². The van der Waals surface area contributed by atoms with Crippen LogP contribution >= 0.6 is 0 Å². The maximum atomic E-state index is 11.9. The van der Waals surface area contributed by atoms with Gasteiger partial charge in [-0.1, -0.05) is 31.2 Å². The van der Waals surface area contributed by atoms with Gasteiger partial charge in [-0.3, -0.25) is 4.79 Å². The minimum absolute atomic E-state index is 0.269. The number of carbonyl (C=O) groups excluding carboxylic acids is 1. The Hall–Kier alpha value is -1.31. The second-order valence-electron chi connectivity index (χ2n) is 5.85. The van der Waals surface area contributed by atoms with E-state index in [2.05, 4.69) is 36.5 Å². The molecule has 96 valence electrons. The van der Waals surface area contributed by atoms with Crippen molar-refractivity contribution in [3.05, 3.63) is 35.4 Å². The highest BCUT2D eigenvalue weighted by molar-refractivity contribution is 5.81. The summed E-state index contributed by atoms with van der Waals surface area (Å²) in [5.41, 5.74) is 2.93. The van der Waals surface area contributed by atoms with Crippen molar-refractivity contribution >= 4 is 5.91 Å². The van der Waals surface area contributed by atoms with E-state index in [0.717, 1.165) is 13.0 Å². The normalized spacial score (nSPS) is 29.5. The molecule has 0 spiro atoms. The van der Waals surface area contributed by atoms with E-state index in [9.17, 15) is 4.79 Å². The number of amides is 1. The van der Waals surface area contributed by atoms with Gasteiger partial charge in [0.05, 0.1) is 0 Å². The molecule has 1 amide bonds. The topological polar surface area (TPSA) is 29.1 Å². The Morgan fingerprint density at radius 1 is 1.39 bits per heavy atom. The summed E-state index contributed by atoms with van der Waals surface area (Å²) in [7, 11) is 0. The van der Waals surface area contributed by atoms with E-state index < -0.39 is 0 Å². The summed E-state index contributed by atoms with van der Waals surface area (Å²) in [5.74, 6) is 1.69. The number of hydrogen-bond acceptors (Lipinski definition) is 1. The third kappa shape index (κ3) is 2.29. The molecule has 0 aliphatic heterocycles. The summed E-state index contributed by atoms with van der Waals surface area (Å²) in [6, 6.07) is 8.69. The van der Waals surface area contributed by atoms with Gasteiger partial charge in [0.15, 0.2) is 0 Å². The summed E-state index contributed by atoms with van der Waals surface area (Å²) in [4.78, 5) is 11.9. The van der Waals surface area contributed by atoms with Gasteiger partial charge >= 0.3 is 0 Å². The Morgan fingerprint density at radius 2 is 2.17 bits per heavy atom. The molecular weight excluding hydrogens is 222 g/mol. The lowest BCUT2D eigenvalue weighted by Crippen LogP contribution is -2.31. The van der Waals surface area contributed by atoms with Gasteiger partial charge in [0.25, 0.3) is 0 Å². The zero-order chi connectivity index (χ0) is 12.5. The molecule has 2 aliphatic carbocycles. The minimum Gasteiger partial charge on any atom is -0.355 e. The number of fused-ring (bicyclic) bond motifs is 1. The van der Waals surface area contributed by atoms with Gasteiger partial charge in [0.1, 0.15) is 0 Å². The zero-order valence-electron chi connectivity index (χ0n) is 11.0. The molecule has 1 fully saturated rings. The monoisotopic (exact) mass is 243 g/mol. The molecule has 18 heavy (non-hydrogen) atoms. The largest absolute Gasteiger partial charge is 0.355 e. The molecule has 0 saturated heterocycles. The summed E-state index contributed by atoms with van der Waals surface area (Å²) in [6.07, 6.45) is 4.72. The van der Waals surface area contributed by atoms with Crippen molar-refractivity contribution < 1.29 is 4.79 Å². The Balaban J connectivity index is 1.62. The van der Waals surface area contributed by atoms with Crippen LogP contribution in [0.4, 0.5) is 0 Å². The summed E-state index contributed by atoms with van der Waals surface area (Å²) in [6.45, 7) is 2.97. The highest BCUT2D eigenvalue weighted by Gasteiger charge is 2.39. The van der Waals surface area contributed by atoms with Crippen LogP contribution in [0.2, 0.25) is 0 Å². The summed E-state index contributed by atoms with van der Waals surface area (Å²) < 4.78 is 0. The first-order valence-electron chi connectivity index (χ1n) is 7.11. The molecule has 2 aliphatic rings. The molecule has 0 bridgehead atoms. The highest BCUT2D eigenvalue weighted by atomic mass is 16.2. The lowest BCUT2D eigenvalue weighted by Gasteiger charge is -2.25. The Kier molecular flexibility index (Phi) is 3.11. The number of hydrogen-bond donors (Lipinski definition) is 1. The maximum absolute atomic E-state index is 11.9. The van der Waals surface area contributed by atoms with Crippen molar-refractivity contribution in [1.29, 1.82) is 0 Å². The standard InChI is InChI=1S/C16H21NO/c1-11-9-15(11)16(18)17-10-13-7-4-6-12-5-2-3-8-14(12)13/h2-3,5,8,11,13,15H,4,6-7,9-10H2,1H3,(H,17,18)/t11-,13-,15-/m1/s1. The lowest BCUT2D eigenvalue weighted by molar-refractivity contribution is -0.122. The third-order valence-corrected chi connectivity index (χ3v) is 4.46. The number of nitrogens with one attached hydrogen (secondary N) is 1. The van der Waals surface area contributed by atoms with Gasteiger partial charge in [-0.25, -0.2) is 0 Å². The van der Waals surface area contributed by atoms with Crippen LogP contribution in [0, 0.1) is 11.8 Å². The minimum atomic E-state index is 0.269. The molecule has 0 radical (unpaired) electrons. The maximum Gasteiger partial charge on any atom is 0.223 e. The zero-order valence-corrected chi connectivity index (χ0v) is 11.0. The van der Waals surface area contributed by atoms with Crippen LogP contribution in [-0.2, 0) is 11.2 Å². The molecule has 0 heterocycles. The fourth-order valence-corrected chi connectivity index (χ4v) is 3.11. The first-order valence-corrected chi connectivity index (χ1v) is 7.11. The molecule has 1 aromatic rings. The van der Waals surface area contributed by atoms with Crippen molar-refractivity contribution in [3.63, 3.8) is 0 Å². The summed E-state index contributed by atoms with van der Waals surface area (Å²) >= 11 is 0. The second kappa shape index (κ2) is 4.75. The molecule has 3 atom stereocenters. The first-order chi connectivity index (χ1) is 8.75. The van der Waals surface area contributed by atoms with E-state index in [1.807, 2.05) is 0 Å². The molecule has 1 aromatic carbocycles. The SMILES string of the molecule is C[C@@H]1C[C@H]1C(=O)NC[C@H]1CCCc2ccccc21. The number of aryl methyl sites for hydroxylation is 1. The highest BCUT2D eigenvalue weighted by Crippen LogP contribution is 2.38. The molecule has 2 nitrogen and oxygen atoms in total. The third-order valence-electron chi connectivity index (χ3n) is 4.46. The van der Waals surface area contributed by atoms with Gasteiger partial charge < -0.3 is 5.32 Å². The number of carbonyl (C=O) groups is 1. The fraction of sp³-hybridized carbons (Fsp3) is 0.562. The Morgan fingerprint density at radius 3 is 2.94 bits per heavy atom. The Bertz CT molecular complexity index is 454. The van der Waals surface area contributed by atoms with Crippen molar-refractivity contribution in [2.75, 3.05) is 6.54 Å². The predicted molar refractivity (Wildman–Crippen MR) is 72.4 cm³/mol. The van der Waals surface area contributed by atoms with E-state index in [4.69, 9.17) is 0 Å². The predicted octanol–water partition coefficient (Wildman–Crippen LogP) is 2.88. The van der Waals surface area contributed by atoms with Gasteiger partial charge in [0.2, 0.25) is 5.91 Å². The van der Waals surface area contributed by atoms with Crippen LogP contribution < -0.4 is 5.32 Å². The summed E-state index contributed by atoms with van der Waals surface area (Å²) in [5, 5.41) is 3.15. The van der Waals surface area contributed by atoms with Crippen molar-refractivity contribution in [2.24, 2.45) is 11.8 Å². The smallest absolute Gasteiger partial charge is 0.223 e.